The van der Waals surface area contributed by atoms with Crippen LogP contribution in [0.4, 0.5) is 10.5 Å². The number of urea groups is 1. The van der Waals surface area contributed by atoms with Crippen LogP contribution in [0.5, 0.6) is 5.75 Å². The van der Waals surface area contributed by atoms with Gasteiger partial charge in [0.1, 0.15) is 11.9 Å². The predicted octanol–water partition coefficient (Wildman–Crippen LogP) is 4.61. The summed E-state index contributed by atoms with van der Waals surface area (Å²) < 4.78 is 11.9. The molecule has 0 radical (unpaired) electrons. The number of rotatable bonds is 4. The number of morpholine rings is 1. The van der Waals surface area contributed by atoms with Gasteiger partial charge < -0.3 is 19.7 Å². The van der Waals surface area contributed by atoms with Crippen LogP contribution in [-0.4, -0.2) is 36.7 Å². The number of carbonyl (C=O) groups is 1. The highest BCUT2D eigenvalue weighted by molar-refractivity contribution is 5.89. The van der Waals surface area contributed by atoms with Crippen molar-refractivity contribution in [3.63, 3.8) is 0 Å². The smallest absolute Gasteiger partial charge is 0.322 e. The van der Waals surface area contributed by atoms with Crippen molar-refractivity contribution < 1.29 is 14.3 Å². The van der Waals surface area contributed by atoms with E-state index in [1.165, 1.54) is 12.8 Å². The number of hydrogen-bond donors (Lipinski definition) is 1. The van der Waals surface area contributed by atoms with Crippen molar-refractivity contribution in [2.24, 2.45) is 0 Å². The van der Waals surface area contributed by atoms with E-state index in [4.69, 9.17) is 9.47 Å². The highest BCUT2D eigenvalue weighted by Gasteiger charge is 2.25. The van der Waals surface area contributed by atoms with E-state index in [0.717, 1.165) is 29.8 Å². The summed E-state index contributed by atoms with van der Waals surface area (Å²) in [5, 5.41) is 3.00. The summed E-state index contributed by atoms with van der Waals surface area (Å²) in [5.74, 6) is 0.823. The SMILES string of the molecule is O=C(Nc1cccc(OC2CCCC2)c1)N1CCOC(c2ccccc2)C1. The molecule has 2 aromatic rings. The Balaban J connectivity index is 1.37. The third kappa shape index (κ3) is 4.61. The third-order valence-electron chi connectivity index (χ3n) is 5.22. The zero-order valence-electron chi connectivity index (χ0n) is 15.5. The molecule has 1 unspecified atom stereocenters. The van der Waals surface area contributed by atoms with E-state index in [2.05, 4.69) is 5.32 Å². The number of benzene rings is 2. The van der Waals surface area contributed by atoms with E-state index < -0.39 is 0 Å². The van der Waals surface area contributed by atoms with Crippen LogP contribution in [0, 0.1) is 0 Å². The second-order valence-electron chi connectivity index (χ2n) is 7.20. The summed E-state index contributed by atoms with van der Waals surface area (Å²) >= 11 is 0. The van der Waals surface area contributed by atoms with Gasteiger partial charge in [0.25, 0.3) is 0 Å². The molecule has 2 aliphatic rings. The Morgan fingerprint density at radius 3 is 2.70 bits per heavy atom. The predicted molar refractivity (Wildman–Crippen MR) is 105 cm³/mol. The average molecular weight is 366 g/mol. The molecular weight excluding hydrogens is 340 g/mol. The monoisotopic (exact) mass is 366 g/mol. The normalized spacial score (nSPS) is 20.4. The molecular formula is C22H26N2O3. The molecule has 5 heteroatoms. The van der Waals surface area contributed by atoms with Crippen molar-refractivity contribution in [1.29, 1.82) is 0 Å². The number of ether oxygens (including phenoxy) is 2. The Labute approximate surface area is 160 Å². The maximum absolute atomic E-state index is 12.7. The van der Waals surface area contributed by atoms with Gasteiger partial charge in [0.15, 0.2) is 0 Å². The molecule has 27 heavy (non-hydrogen) atoms. The van der Waals surface area contributed by atoms with Crippen LogP contribution in [0.1, 0.15) is 37.4 Å². The molecule has 2 aromatic carbocycles. The first-order valence-corrected chi connectivity index (χ1v) is 9.77. The van der Waals surface area contributed by atoms with Crippen molar-refractivity contribution in [2.45, 2.75) is 37.9 Å². The Morgan fingerprint density at radius 1 is 1.07 bits per heavy atom. The topological polar surface area (TPSA) is 50.8 Å². The van der Waals surface area contributed by atoms with Gasteiger partial charge in [-0.05, 0) is 43.4 Å². The number of nitrogens with one attached hydrogen (secondary N) is 1. The van der Waals surface area contributed by atoms with Gasteiger partial charge in [0.2, 0.25) is 0 Å². The molecule has 4 rings (SSSR count). The van der Waals surface area contributed by atoms with Crippen molar-refractivity contribution in [3.05, 3.63) is 60.2 Å². The van der Waals surface area contributed by atoms with Crippen LogP contribution in [0.3, 0.4) is 0 Å². The number of nitrogens with zero attached hydrogens (tertiary/aromatic N) is 1. The quantitative estimate of drug-likeness (QED) is 0.859. The fourth-order valence-corrected chi connectivity index (χ4v) is 3.75. The van der Waals surface area contributed by atoms with Gasteiger partial charge in [-0.2, -0.15) is 0 Å². The van der Waals surface area contributed by atoms with Gasteiger partial charge in [0, 0.05) is 18.3 Å². The fourth-order valence-electron chi connectivity index (χ4n) is 3.75. The second kappa shape index (κ2) is 8.44. The number of amides is 2. The first-order valence-electron chi connectivity index (χ1n) is 9.77. The second-order valence-corrected chi connectivity index (χ2v) is 7.20. The zero-order valence-corrected chi connectivity index (χ0v) is 15.5. The third-order valence-corrected chi connectivity index (χ3v) is 5.22. The number of carbonyl (C=O) groups excluding carboxylic acids is 1. The maximum Gasteiger partial charge on any atom is 0.322 e. The Kier molecular flexibility index (Phi) is 5.58. The molecule has 1 saturated carbocycles. The molecule has 142 valence electrons. The Hall–Kier alpha value is -2.53. The fraction of sp³-hybridized carbons (Fsp3) is 0.409. The molecule has 0 aromatic heterocycles. The van der Waals surface area contributed by atoms with Gasteiger partial charge in [-0.1, -0.05) is 36.4 Å². The van der Waals surface area contributed by atoms with Gasteiger partial charge in [-0.25, -0.2) is 4.79 Å². The summed E-state index contributed by atoms with van der Waals surface area (Å²) in [6.45, 7) is 1.68. The summed E-state index contributed by atoms with van der Waals surface area (Å²) in [4.78, 5) is 14.5. The summed E-state index contributed by atoms with van der Waals surface area (Å²) in [6, 6.07) is 17.6. The van der Waals surface area contributed by atoms with Crippen molar-refractivity contribution in [1.82, 2.24) is 4.90 Å². The molecule has 1 aliphatic heterocycles. The van der Waals surface area contributed by atoms with E-state index in [1.54, 1.807) is 0 Å². The van der Waals surface area contributed by atoms with Gasteiger partial charge in [-0.15, -0.1) is 0 Å². The van der Waals surface area contributed by atoms with Crippen LogP contribution < -0.4 is 10.1 Å². The lowest BCUT2D eigenvalue weighted by Crippen LogP contribution is -2.44. The van der Waals surface area contributed by atoms with Crippen molar-refractivity contribution in [3.8, 4) is 5.75 Å². The zero-order chi connectivity index (χ0) is 18.5. The maximum atomic E-state index is 12.7. The van der Waals surface area contributed by atoms with Crippen LogP contribution in [0.2, 0.25) is 0 Å². The first-order chi connectivity index (χ1) is 13.3. The van der Waals surface area contributed by atoms with Crippen molar-refractivity contribution >= 4 is 11.7 Å². The van der Waals surface area contributed by atoms with Crippen LogP contribution in [-0.2, 0) is 4.74 Å². The molecule has 0 bridgehead atoms. The summed E-state index contributed by atoms with van der Waals surface area (Å²) in [5.41, 5.74) is 1.86. The minimum Gasteiger partial charge on any atom is -0.490 e. The lowest BCUT2D eigenvalue weighted by Gasteiger charge is -2.33. The summed E-state index contributed by atoms with van der Waals surface area (Å²) in [6.07, 6.45) is 4.93. The highest BCUT2D eigenvalue weighted by atomic mass is 16.5. The first kappa shape index (κ1) is 17.9. The minimum absolute atomic E-state index is 0.0808. The molecule has 2 fully saturated rings. The lowest BCUT2D eigenvalue weighted by molar-refractivity contribution is -0.0135. The van der Waals surface area contributed by atoms with E-state index in [9.17, 15) is 4.79 Å². The molecule has 1 N–H and O–H groups in total. The molecule has 1 aliphatic carbocycles. The minimum atomic E-state index is -0.0998. The highest BCUT2D eigenvalue weighted by Crippen LogP contribution is 2.26. The Morgan fingerprint density at radius 2 is 1.89 bits per heavy atom. The molecule has 1 atom stereocenters. The number of anilines is 1. The van der Waals surface area contributed by atoms with Gasteiger partial charge in [0.05, 0.1) is 19.3 Å². The largest absolute Gasteiger partial charge is 0.490 e. The van der Waals surface area contributed by atoms with E-state index in [1.807, 2.05) is 59.5 Å². The molecule has 5 nitrogen and oxygen atoms in total. The van der Waals surface area contributed by atoms with Gasteiger partial charge >= 0.3 is 6.03 Å². The molecule has 1 heterocycles. The summed E-state index contributed by atoms with van der Waals surface area (Å²) in [7, 11) is 0. The van der Waals surface area contributed by atoms with Crippen LogP contribution in [0.25, 0.3) is 0 Å². The average Bonchev–Trinajstić information content (AvgIpc) is 3.22. The van der Waals surface area contributed by atoms with Crippen LogP contribution in [0.15, 0.2) is 54.6 Å². The van der Waals surface area contributed by atoms with E-state index in [0.29, 0.717) is 25.8 Å². The van der Waals surface area contributed by atoms with Crippen LogP contribution >= 0.6 is 0 Å². The number of hydrogen-bond acceptors (Lipinski definition) is 3. The lowest BCUT2D eigenvalue weighted by atomic mass is 10.1. The Bertz CT molecular complexity index is 759. The molecule has 1 saturated heterocycles. The van der Waals surface area contributed by atoms with Gasteiger partial charge in [-0.3, -0.25) is 0 Å². The van der Waals surface area contributed by atoms with E-state index >= 15 is 0 Å². The molecule has 2 amide bonds. The van der Waals surface area contributed by atoms with Crippen molar-refractivity contribution in [2.75, 3.05) is 25.0 Å². The van der Waals surface area contributed by atoms with E-state index in [-0.39, 0.29) is 12.1 Å². The standard InChI is InChI=1S/C22H26N2O3/c25-22(24-13-14-26-21(16-24)17-7-2-1-3-8-17)23-18-9-6-12-20(15-18)27-19-10-4-5-11-19/h1-3,6-9,12,15,19,21H,4-5,10-11,13-14,16H2,(H,23,25). The molecule has 0 spiro atoms.